The fourth-order valence-corrected chi connectivity index (χ4v) is 4.42. The summed E-state index contributed by atoms with van der Waals surface area (Å²) in [7, 11) is 0. The second-order valence-corrected chi connectivity index (χ2v) is 9.16. The van der Waals surface area contributed by atoms with Gasteiger partial charge in [-0.15, -0.1) is 0 Å². The number of rotatable bonds is 7. The Labute approximate surface area is 216 Å². The van der Waals surface area contributed by atoms with E-state index in [1.165, 1.54) is 0 Å². The van der Waals surface area contributed by atoms with Gasteiger partial charge in [-0.2, -0.15) is 0 Å². The lowest BCUT2D eigenvalue weighted by molar-refractivity contribution is -0.122. The third kappa shape index (κ3) is 4.81. The molecule has 0 spiro atoms. The Hall–Kier alpha value is -4.17. The van der Waals surface area contributed by atoms with Crippen molar-refractivity contribution >= 4 is 56.4 Å². The number of ether oxygens (including phenoxy) is 1. The number of amides is 4. The van der Waals surface area contributed by atoms with Crippen LogP contribution in [-0.2, 0) is 16.1 Å². The van der Waals surface area contributed by atoms with Crippen LogP contribution in [0.15, 0.2) is 95.1 Å². The molecule has 0 saturated carbocycles. The molecule has 0 unspecified atom stereocenters. The van der Waals surface area contributed by atoms with Crippen molar-refractivity contribution < 1.29 is 19.1 Å². The molecule has 1 N–H and O–H groups in total. The maximum atomic E-state index is 13.3. The first-order chi connectivity index (χ1) is 17.5. The second kappa shape index (κ2) is 10.2. The number of aryl methyl sites for hydroxylation is 1. The van der Waals surface area contributed by atoms with Crippen molar-refractivity contribution in [2.24, 2.45) is 0 Å². The molecule has 180 valence electrons. The number of imide groups is 2. The minimum Gasteiger partial charge on any atom is -0.494 e. The smallest absolute Gasteiger partial charge is 0.335 e. The van der Waals surface area contributed by atoms with Crippen molar-refractivity contribution in [2.75, 3.05) is 11.5 Å². The number of benzene rings is 3. The predicted octanol–water partition coefficient (Wildman–Crippen LogP) is 5.54. The van der Waals surface area contributed by atoms with E-state index in [0.29, 0.717) is 18.8 Å². The van der Waals surface area contributed by atoms with Gasteiger partial charge in [0.15, 0.2) is 0 Å². The molecular weight excluding hydrogens is 522 g/mol. The average molecular weight is 544 g/mol. The molecule has 1 fully saturated rings. The zero-order valence-corrected chi connectivity index (χ0v) is 20.8. The number of carbonyl (C=O) groups is 3. The van der Waals surface area contributed by atoms with E-state index in [0.717, 1.165) is 38.0 Å². The zero-order chi connectivity index (χ0) is 25.1. The number of barbiturate groups is 1. The Balaban J connectivity index is 1.41. The van der Waals surface area contributed by atoms with Gasteiger partial charge in [0, 0.05) is 33.7 Å². The van der Waals surface area contributed by atoms with E-state index < -0.39 is 17.8 Å². The summed E-state index contributed by atoms with van der Waals surface area (Å²) >= 11 is 3.35. The fourth-order valence-electron chi connectivity index (χ4n) is 4.15. The summed E-state index contributed by atoms with van der Waals surface area (Å²) in [5.41, 5.74) is 1.97. The summed E-state index contributed by atoms with van der Waals surface area (Å²) < 4.78 is 8.70. The van der Waals surface area contributed by atoms with Crippen LogP contribution in [-0.4, -0.2) is 29.0 Å². The Morgan fingerprint density at radius 2 is 1.61 bits per heavy atom. The Morgan fingerprint density at radius 1 is 0.889 bits per heavy atom. The summed E-state index contributed by atoms with van der Waals surface area (Å²) in [5, 5.41) is 3.18. The standard InChI is InChI=1S/C28H22BrN3O4/c29-20-11-13-21(14-12-20)32-27(34)24(26(33)30-28(32)35)17-19-18-31(25-10-5-4-9-23(19)25)15-6-16-36-22-7-2-1-3-8-22/h1-5,7-14,17-18H,6,15-16H2,(H,30,33,35)/b24-17+. The zero-order valence-electron chi connectivity index (χ0n) is 19.2. The number of nitrogens with one attached hydrogen (secondary N) is 1. The molecule has 1 aliphatic heterocycles. The second-order valence-electron chi connectivity index (χ2n) is 8.24. The van der Waals surface area contributed by atoms with Gasteiger partial charge in [-0.1, -0.05) is 52.3 Å². The van der Waals surface area contributed by atoms with Crippen molar-refractivity contribution in [3.63, 3.8) is 0 Å². The molecule has 1 aliphatic rings. The van der Waals surface area contributed by atoms with E-state index in [1.807, 2.05) is 60.8 Å². The quantitative estimate of drug-likeness (QED) is 0.188. The van der Waals surface area contributed by atoms with Crippen LogP contribution in [0.25, 0.3) is 17.0 Å². The molecular formula is C28H22BrN3O4. The highest BCUT2D eigenvalue weighted by atomic mass is 79.9. The number of fused-ring (bicyclic) bond motifs is 1. The third-order valence-electron chi connectivity index (χ3n) is 5.86. The third-order valence-corrected chi connectivity index (χ3v) is 6.39. The van der Waals surface area contributed by atoms with E-state index in [-0.39, 0.29) is 5.57 Å². The lowest BCUT2D eigenvalue weighted by Crippen LogP contribution is -2.54. The molecule has 0 radical (unpaired) electrons. The van der Waals surface area contributed by atoms with Crippen LogP contribution in [0.2, 0.25) is 0 Å². The van der Waals surface area contributed by atoms with Gasteiger partial charge in [0.2, 0.25) is 0 Å². The van der Waals surface area contributed by atoms with Gasteiger partial charge in [-0.05, 0) is 55.0 Å². The monoisotopic (exact) mass is 543 g/mol. The summed E-state index contributed by atoms with van der Waals surface area (Å²) in [6, 6.07) is 23.4. The molecule has 3 aromatic carbocycles. The minimum absolute atomic E-state index is 0.104. The Morgan fingerprint density at radius 3 is 2.39 bits per heavy atom. The number of para-hydroxylation sites is 2. The van der Waals surface area contributed by atoms with Crippen molar-refractivity contribution in [1.82, 2.24) is 9.88 Å². The van der Waals surface area contributed by atoms with Crippen molar-refractivity contribution in [3.05, 3.63) is 101 Å². The first-order valence-electron chi connectivity index (χ1n) is 11.4. The average Bonchev–Trinajstić information content (AvgIpc) is 3.23. The molecule has 1 saturated heterocycles. The number of anilines is 1. The largest absolute Gasteiger partial charge is 0.494 e. The number of hydrogen-bond acceptors (Lipinski definition) is 4. The van der Waals surface area contributed by atoms with E-state index >= 15 is 0 Å². The van der Waals surface area contributed by atoms with Gasteiger partial charge < -0.3 is 9.30 Å². The maximum absolute atomic E-state index is 13.3. The Bertz CT molecular complexity index is 1480. The van der Waals surface area contributed by atoms with Gasteiger partial charge in [-0.25, -0.2) is 9.69 Å². The summed E-state index contributed by atoms with van der Waals surface area (Å²) in [4.78, 5) is 39.4. The number of aromatic nitrogens is 1. The summed E-state index contributed by atoms with van der Waals surface area (Å²) in [6.45, 7) is 1.25. The summed E-state index contributed by atoms with van der Waals surface area (Å²) in [6.07, 6.45) is 4.24. The molecule has 0 atom stereocenters. The molecule has 8 heteroatoms. The number of carbonyl (C=O) groups excluding carboxylic acids is 3. The number of nitrogens with zero attached hydrogens (tertiary/aromatic N) is 2. The van der Waals surface area contributed by atoms with E-state index in [4.69, 9.17) is 4.74 Å². The van der Waals surface area contributed by atoms with Crippen molar-refractivity contribution in [2.45, 2.75) is 13.0 Å². The van der Waals surface area contributed by atoms with Crippen LogP contribution in [0.5, 0.6) is 5.75 Å². The number of hydrogen-bond donors (Lipinski definition) is 1. The molecule has 1 aromatic heterocycles. The van der Waals surface area contributed by atoms with Crippen LogP contribution >= 0.6 is 15.9 Å². The van der Waals surface area contributed by atoms with Crippen LogP contribution in [0, 0.1) is 0 Å². The SMILES string of the molecule is O=C1NC(=O)N(c2ccc(Br)cc2)C(=O)/C1=C/c1cn(CCCOc2ccccc2)c2ccccc12. The summed E-state index contributed by atoms with van der Waals surface area (Å²) in [5.74, 6) is -0.558. The number of urea groups is 1. The van der Waals surface area contributed by atoms with Gasteiger partial charge in [0.05, 0.1) is 12.3 Å². The highest BCUT2D eigenvalue weighted by molar-refractivity contribution is 9.10. The molecule has 0 aliphatic carbocycles. The molecule has 5 rings (SSSR count). The molecule has 4 amide bonds. The molecule has 2 heterocycles. The molecule has 36 heavy (non-hydrogen) atoms. The number of halogens is 1. The predicted molar refractivity (Wildman–Crippen MR) is 142 cm³/mol. The van der Waals surface area contributed by atoms with Gasteiger partial charge >= 0.3 is 6.03 Å². The van der Waals surface area contributed by atoms with Crippen molar-refractivity contribution in [1.29, 1.82) is 0 Å². The maximum Gasteiger partial charge on any atom is 0.335 e. The molecule has 7 nitrogen and oxygen atoms in total. The molecule has 4 aromatic rings. The van der Waals surface area contributed by atoms with Crippen molar-refractivity contribution in [3.8, 4) is 5.75 Å². The lowest BCUT2D eigenvalue weighted by Gasteiger charge is -2.26. The topological polar surface area (TPSA) is 80.6 Å². The minimum atomic E-state index is -0.773. The highest BCUT2D eigenvalue weighted by Gasteiger charge is 2.37. The van der Waals surface area contributed by atoms with Gasteiger partial charge in [-0.3, -0.25) is 14.9 Å². The lowest BCUT2D eigenvalue weighted by atomic mass is 10.1. The van der Waals surface area contributed by atoms with E-state index in [1.54, 1.807) is 30.3 Å². The van der Waals surface area contributed by atoms with E-state index in [2.05, 4.69) is 25.8 Å². The van der Waals surface area contributed by atoms with Crippen LogP contribution in [0.1, 0.15) is 12.0 Å². The highest BCUT2D eigenvalue weighted by Crippen LogP contribution is 2.27. The van der Waals surface area contributed by atoms with Crippen LogP contribution in [0.4, 0.5) is 10.5 Å². The molecule has 0 bridgehead atoms. The van der Waals surface area contributed by atoms with E-state index in [9.17, 15) is 14.4 Å². The van der Waals surface area contributed by atoms with Crippen LogP contribution in [0.3, 0.4) is 0 Å². The fraction of sp³-hybridized carbons (Fsp3) is 0.107. The normalized spacial score (nSPS) is 15.0. The first-order valence-corrected chi connectivity index (χ1v) is 12.2. The van der Waals surface area contributed by atoms with Crippen LogP contribution < -0.4 is 15.0 Å². The van der Waals surface area contributed by atoms with Gasteiger partial charge in [0.25, 0.3) is 11.8 Å². The Kier molecular flexibility index (Phi) is 6.69. The van der Waals surface area contributed by atoms with Gasteiger partial charge in [0.1, 0.15) is 11.3 Å². The first kappa shape index (κ1) is 23.6.